The summed E-state index contributed by atoms with van der Waals surface area (Å²) in [4.78, 5) is 24.7. The van der Waals surface area contributed by atoms with E-state index in [1.165, 1.54) is 26.4 Å². The first-order valence-electron chi connectivity index (χ1n) is 13.0. The molecule has 11 nitrogen and oxygen atoms in total. The minimum absolute atomic E-state index is 0.0361. The molecule has 2 atom stereocenters. The Morgan fingerprint density at radius 1 is 1.05 bits per heavy atom. The molecule has 12 heteroatoms. The average molecular weight is 575 g/mol. The summed E-state index contributed by atoms with van der Waals surface area (Å²) in [7, 11) is -1.10. The molecule has 0 radical (unpaired) electrons. The molecule has 2 aromatic rings. The number of rotatable bonds is 13. The van der Waals surface area contributed by atoms with Gasteiger partial charge in [-0.1, -0.05) is 12.1 Å². The van der Waals surface area contributed by atoms with E-state index < -0.39 is 22.3 Å². The molecule has 0 aromatic heterocycles. The number of aliphatic hydroxyl groups excluding tert-OH is 1. The molecular weight excluding hydrogens is 540 g/mol. The number of hydrogen-bond acceptors (Lipinski definition) is 9. The van der Waals surface area contributed by atoms with Gasteiger partial charge in [0.15, 0.2) is 5.76 Å². The number of carbonyl (C=O) groups excluding carboxylic acids is 2. The molecule has 40 heavy (non-hydrogen) atoms. The standard InChI is InChI=1S/C28H34N2O9S/c1-36-23-9-11-24(12-10-23)40(34,35)30(13-15-31)14-16-38-26-18-21(17-25(39-26)27(32)29-22-7-8-22)19-3-5-20(6-4-19)28(33)37-2/h3-6,9-12,17,21-22,26,31H,7-8,13-16,18H2,1-2H3,(H,29,32)/t21-,26+/m0/s1. The number of hydrogen-bond donors (Lipinski definition) is 2. The Morgan fingerprint density at radius 3 is 2.35 bits per heavy atom. The highest BCUT2D eigenvalue weighted by Gasteiger charge is 2.32. The first-order chi connectivity index (χ1) is 19.2. The Bertz CT molecular complexity index is 1310. The molecular formula is C28H34N2O9S. The lowest BCUT2D eigenvalue weighted by Crippen LogP contribution is -2.38. The van der Waals surface area contributed by atoms with Crippen molar-refractivity contribution < 1.29 is 42.1 Å². The summed E-state index contributed by atoms with van der Waals surface area (Å²) in [6.45, 7) is -0.563. The van der Waals surface area contributed by atoms with Crippen LogP contribution in [0.1, 0.15) is 41.1 Å². The molecule has 216 valence electrons. The molecule has 2 aliphatic rings. The summed E-state index contributed by atoms with van der Waals surface area (Å²) in [5, 5.41) is 12.4. The quantitative estimate of drug-likeness (QED) is 0.345. The summed E-state index contributed by atoms with van der Waals surface area (Å²) < 4.78 is 49.2. The van der Waals surface area contributed by atoms with Gasteiger partial charge in [-0.2, -0.15) is 4.31 Å². The van der Waals surface area contributed by atoms with Crippen molar-refractivity contribution in [1.82, 2.24) is 9.62 Å². The van der Waals surface area contributed by atoms with Gasteiger partial charge in [-0.25, -0.2) is 13.2 Å². The summed E-state index contributed by atoms with van der Waals surface area (Å²) in [5.74, 6) is -0.382. The second-order valence-corrected chi connectivity index (χ2v) is 11.4. The predicted octanol–water partition coefficient (Wildman–Crippen LogP) is 2.17. The molecule has 4 rings (SSSR count). The molecule has 1 aliphatic heterocycles. The largest absolute Gasteiger partial charge is 0.497 e. The van der Waals surface area contributed by atoms with Gasteiger partial charge >= 0.3 is 5.97 Å². The smallest absolute Gasteiger partial charge is 0.337 e. The van der Waals surface area contributed by atoms with Crippen LogP contribution in [0.25, 0.3) is 0 Å². The molecule has 0 unspecified atom stereocenters. The third kappa shape index (κ3) is 7.39. The highest BCUT2D eigenvalue weighted by molar-refractivity contribution is 7.89. The maximum Gasteiger partial charge on any atom is 0.337 e. The first kappa shape index (κ1) is 29.5. The first-order valence-corrected chi connectivity index (χ1v) is 14.4. The molecule has 2 N–H and O–H groups in total. The number of sulfonamides is 1. The molecule has 0 bridgehead atoms. The second kappa shape index (κ2) is 13.3. The lowest BCUT2D eigenvalue weighted by atomic mass is 9.92. The Hall–Kier alpha value is -3.45. The van der Waals surface area contributed by atoms with Crippen molar-refractivity contribution in [3.05, 3.63) is 71.5 Å². The highest BCUT2D eigenvalue weighted by Crippen LogP contribution is 2.32. The Morgan fingerprint density at radius 2 is 1.75 bits per heavy atom. The van der Waals surface area contributed by atoms with Gasteiger partial charge in [0, 0.05) is 31.5 Å². The van der Waals surface area contributed by atoms with Gasteiger partial charge in [0.25, 0.3) is 5.91 Å². The van der Waals surface area contributed by atoms with E-state index >= 15 is 0 Å². The molecule has 1 amide bonds. The van der Waals surface area contributed by atoms with E-state index in [0.717, 1.165) is 22.7 Å². The number of nitrogens with zero attached hydrogens (tertiary/aromatic N) is 1. The minimum Gasteiger partial charge on any atom is -0.497 e. The molecule has 1 fully saturated rings. The van der Waals surface area contributed by atoms with Crippen LogP contribution in [0.2, 0.25) is 0 Å². The highest BCUT2D eigenvalue weighted by atomic mass is 32.2. The maximum absolute atomic E-state index is 13.2. The molecule has 1 aliphatic carbocycles. The topological polar surface area (TPSA) is 141 Å². The van der Waals surface area contributed by atoms with Gasteiger partial charge in [0.05, 0.1) is 37.9 Å². The van der Waals surface area contributed by atoms with E-state index in [2.05, 4.69) is 5.32 Å². The molecule has 2 aromatic carbocycles. The average Bonchev–Trinajstić information content (AvgIpc) is 3.80. The number of nitrogens with one attached hydrogen (secondary N) is 1. The summed E-state index contributed by atoms with van der Waals surface area (Å²) in [5.41, 5.74) is 1.26. The van der Waals surface area contributed by atoms with Gasteiger partial charge in [-0.15, -0.1) is 0 Å². The van der Waals surface area contributed by atoms with E-state index in [1.54, 1.807) is 42.5 Å². The number of esters is 1. The van der Waals surface area contributed by atoms with E-state index in [0.29, 0.717) is 17.7 Å². The lowest BCUT2D eigenvalue weighted by molar-refractivity contribution is -0.146. The van der Waals surface area contributed by atoms with Crippen LogP contribution in [0.15, 0.2) is 65.3 Å². The van der Waals surface area contributed by atoms with Crippen molar-refractivity contribution in [2.45, 2.75) is 42.4 Å². The van der Waals surface area contributed by atoms with E-state index in [9.17, 15) is 23.1 Å². The zero-order chi connectivity index (χ0) is 28.7. The van der Waals surface area contributed by atoms with Gasteiger partial charge in [0.2, 0.25) is 16.3 Å². The Labute approximate surface area is 233 Å². The third-order valence-corrected chi connectivity index (χ3v) is 8.56. The zero-order valence-corrected chi connectivity index (χ0v) is 23.3. The van der Waals surface area contributed by atoms with Crippen molar-refractivity contribution in [2.24, 2.45) is 0 Å². The monoisotopic (exact) mass is 574 g/mol. The summed E-state index contributed by atoms with van der Waals surface area (Å²) in [6.07, 6.45) is 3.11. The molecule has 1 heterocycles. The van der Waals surface area contributed by atoms with Crippen LogP contribution in [0, 0.1) is 0 Å². The van der Waals surface area contributed by atoms with Crippen molar-refractivity contribution in [3.8, 4) is 5.75 Å². The second-order valence-electron chi connectivity index (χ2n) is 9.46. The maximum atomic E-state index is 13.2. The number of carbonyl (C=O) groups is 2. The summed E-state index contributed by atoms with van der Waals surface area (Å²) >= 11 is 0. The molecule has 0 saturated heterocycles. The zero-order valence-electron chi connectivity index (χ0n) is 22.4. The number of benzene rings is 2. The number of allylic oxidation sites excluding steroid dienone is 1. The van der Waals surface area contributed by atoms with Gasteiger partial charge in [-0.3, -0.25) is 4.79 Å². The molecule has 0 spiro atoms. The van der Waals surface area contributed by atoms with Crippen LogP contribution in [-0.2, 0) is 29.0 Å². The molecule has 1 saturated carbocycles. The van der Waals surface area contributed by atoms with E-state index in [-0.39, 0.29) is 54.8 Å². The van der Waals surface area contributed by atoms with Crippen molar-refractivity contribution in [2.75, 3.05) is 40.5 Å². The Balaban J connectivity index is 1.45. The van der Waals surface area contributed by atoms with Crippen molar-refractivity contribution in [3.63, 3.8) is 0 Å². The fourth-order valence-electron chi connectivity index (χ4n) is 4.27. The normalized spacial score (nSPS) is 18.9. The van der Waals surface area contributed by atoms with E-state index in [4.69, 9.17) is 18.9 Å². The fourth-order valence-corrected chi connectivity index (χ4v) is 5.68. The SMILES string of the molecule is COC(=O)c1ccc([C@H]2C=C(C(=O)NC3CC3)O[C@@H](OCCN(CCO)S(=O)(=O)c3ccc(OC)cc3)C2)cc1. The lowest BCUT2D eigenvalue weighted by Gasteiger charge is -2.30. The van der Waals surface area contributed by atoms with Crippen molar-refractivity contribution >= 4 is 21.9 Å². The Kier molecular flexibility index (Phi) is 9.80. The van der Waals surface area contributed by atoms with Crippen LogP contribution >= 0.6 is 0 Å². The predicted molar refractivity (Wildman–Crippen MR) is 144 cm³/mol. The van der Waals surface area contributed by atoms with Gasteiger partial charge in [0.1, 0.15) is 5.75 Å². The third-order valence-electron chi connectivity index (χ3n) is 6.64. The van der Waals surface area contributed by atoms with Crippen LogP contribution < -0.4 is 10.1 Å². The van der Waals surface area contributed by atoms with Gasteiger partial charge in [-0.05, 0) is 60.9 Å². The van der Waals surface area contributed by atoms with Gasteiger partial charge < -0.3 is 29.4 Å². The van der Waals surface area contributed by atoms with Crippen LogP contribution in [-0.4, -0.2) is 82.6 Å². The van der Waals surface area contributed by atoms with Crippen LogP contribution in [0.5, 0.6) is 5.75 Å². The van der Waals surface area contributed by atoms with Crippen LogP contribution in [0.3, 0.4) is 0 Å². The fraction of sp³-hybridized carbons (Fsp3) is 0.429. The number of ether oxygens (including phenoxy) is 4. The minimum atomic E-state index is -3.91. The van der Waals surface area contributed by atoms with Crippen LogP contribution in [0.4, 0.5) is 0 Å². The summed E-state index contributed by atoms with van der Waals surface area (Å²) in [6, 6.07) is 13.0. The number of methoxy groups -OCH3 is 2. The number of amides is 1. The van der Waals surface area contributed by atoms with E-state index in [1.807, 2.05) is 0 Å². The van der Waals surface area contributed by atoms with Crippen molar-refractivity contribution in [1.29, 1.82) is 0 Å². The number of aliphatic hydroxyl groups is 1.